The van der Waals surface area contributed by atoms with Gasteiger partial charge in [0.1, 0.15) is 0 Å². The van der Waals surface area contributed by atoms with Crippen LogP contribution >= 0.6 is 15.9 Å². The van der Waals surface area contributed by atoms with Gasteiger partial charge in [0.2, 0.25) is 0 Å². The normalized spacial score (nSPS) is 21.9. The summed E-state index contributed by atoms with van der Waals surface area (Å²) in [6.07, 6.45) is 5.10. The predicted molar refractivity (Wildman–Crippen MR) is 97.4 cm³/mol. The minimum atomic E-state index is 0.419. The number of nitrogens with zero attached hydrogens (tertiary/aromatic N) is 3. The SMILES string of the molecule is CN1CCC(C)(CNCc2ccc(Cn3cc(Br)cn3)cc2)C1. The van der Waals surface area contributed by atoms with Gasteiger partial charge in [-0.05, 0) is 52.5 Å². The lowest BCUT2D eigenvalue weighted by Gasteiger charge is -2.24. The molecule has 4 nitrogen and oxygen atoms in total. The van der Waals surface area contributed by atoms with Gasteiger partial charge in [0.25, 0.3) is 0 Å². The molecule has 1 aromatic heterocycles. The molecule has 23 heavy (non-hydrogen) atoms. The molecule has 1 N–H and O–H groups in total. The summed E-state index contributed by atoms with van der Waals surface area (Å²) in [5.74, 6) is 0. The number of benzene rings is 1. The van der Waals surface area contributed by atoms with Crippen LogP contribution in [-0.4, -0.2) is 41.4 Å². The molecule has 0 saturated carbocycles. The average Bonchev–Trinajstić information content (AvgIpc) is 3.07. The third-order valence-electron chi connectivity index (χ3n) is 4.60. The molecule has 1 aliphatic heterocycles. The molecule has 5 heteroatoms. The molecule has 2 aromatic rings. The van der Waals surface area contributed by atoms with Crippen molar-refractivity contribution in [1.29, 1.82) is 0 Å². The Hall–Kier alpha value is -1.17. The molecule has 1 atom stereocenters. The van der Waals surface area contributed by atoms with Crippen molar-refractivity contribution in [2.75, 3.05) is 26.7 Å². The van der Waals surface area contributed by atoms with Gasteiger partial charge in [-0.25, -0.2) is 0 Å². The molecule has 0 radical (unpaired) electrons. The van der Waals surface area contributed by atoms with Crippen LogP contribution in [0.3, 0.4) is 0 Å². The van der Waals surface area contributed by atoms with Gasteiger partial charge >= 0.3 is 0 Å². The molecule has 124 valence electrons. The van der Waals surface area contributed by atoms with Crippen molar-refractivity contribution < 1.29 is 0 Å². The summed E-state index contributed by atoms with van der Waals surface area (Å²) in [6, 6.07) is 8.81. The Kier molecular flexibility index (Phi) is 5.19. The van der Waals surface area contributed by atoms with Crippen LogP contribution < -0.4 is 5.32 Å². The Morgan fingerprint density at radius 3 is 2.61 bits per heavy atom. The largest absolute Gasteiger partial charge is 0.312 e. The van der Waals surface area contributed by atoms with E-state index in [1.54, 1.807) is 0 Å². The number of nitrogens with one attached hydrogen (secondary N) is 1. The molecule has 0 aliphatic carbocycles. The van der Waals surface area contributed by atoms with Crippen LogP contribution in [0.1, 0.15) is 24.5 Å². The first-order chi connectivity index (χ1) is 11.0. The van der Waals surface area contributed by atoms with E-state index in [-0.39, 0.29) is 0 Å². The fraction of sp³-hybridized carbons (Fsp3) is 0.500. The predicted octanol–water partition coefficient (Wildman–Crippen LogP) is 3.13. The fourth-order valence-corrected chi connectivity index (χ4v) is 3.63. The summed E-state index contributed by atoms with van der Waals surface area (Å²) in [4.78, 5) is 2.42. The lowest BCUT2D eigenvalue weighted by molar-refractivity contribution is 0.295. The molecule has 2 heterocycles. The van der Waals surface area contributed by atoms with Crippen molar-refractivity contribution in [1.82, 2.24) is 20.0 Å². The Morgan fingerprint density at radius 2 is 2.00 bits per heavy atom. The Labute approximate surface area is 147 Å². The van der Waals surface area contributed by atoms with Gasteiger partial charge in [-0.15, -0.1) is 0 Å². The van der Waals surface area contributed by atoms with Crippen molar-refractivity contribution in [3.63, 3.8) is 0 Å². The summed E-state index contributed by atoms with van der Waals surface area (Å²) in [5, 5.41) is 7.92. The maximum Gasteiger partial charge on any atom is 0.0659 e. The Balaban J connectivity index is 1.48. The van der Waals surface area contributed by atoms with Crippen molar-refractivity contribution >= 4 is 15.9 Å². The number of rotatable bonds is 6. The number of halogens is 1. The average molecular weight is 377 g/mol. The van der Waals surface area contributed by atoms with Crippen LogP contribution in [0, 0.1) is 5.41 Å². The molecule has 3 rings (SSSR count). The zero-order valence-corrected chi connectivity index (χ0v) is 15.5. The van der Waals surface area contributed by atoms with Crippen molar-refractivity contribution in [2.24, 2.45) is 5.41 Å². The molecule has 1 aliphatic rings. The van der Waals surface area contributed by atoms with Gasteiger partial charge in [-0.2, -0.15) is 5.10 Å². The van der Waals surface area contributed by atoms with Crippen LogP contribution in [0.15, 0.2) is 41.1 Å². The van der Waals surface area contributed by atoms with Gasteiger partial charge in [-0.3, -0.25) is 4.68 Å². The minimum absolute atomic E-state index is 0.419. The molecule has 1 unspecified atom stereocenters. The lowest BCUT2D eigenvalue weighted by atomic mass is 9.90. The summed E-state index contributed by atoms with van der Waals surface area (Å²) >= 11 is 3.43. The maximum atomic E-state index is 4.29. The summed E-state index contributed by atoms with van der Waals surface area (Å²) in [6.45, 7) is 7.63. The van der Waals surface area contributed by atoms with Crippen LogP contribution in [0.4, 0.5) is 0 Å². The smallest absolute Gasteiger partial charge is 0.0659 e. The van der Waals surface area contributed by atoms with Gasteiger partial charge in [-0.1, -0.05) is 31.2 Å². The second-order valence-electron chi connectivity index (χ2n) is 7.07. The highest BCUT2D eigenvalue weighted by atomic mass is 79.9. The summed E-state index contributed by atoms with van der Waals surface area (Å²) < 4.78 is 2.96. The van der Waals surface area contributed by atoms with Crippen LogP contribution in [-0.2, 0) is 13.1 Å². The van der Waals surface area contributed by atoms with Gasteiger partial charge in [0.05, 0.1) is 17.2 Å². The first kappa shape index (κ1) is 16.7. The van der Waals surface area contributed by atoms with Gasteiger partial charge in [0.15, 0.2) is 0 Å². The number of aromatic nitrogens is 2. The van der Waals surface area contributed by atoms with Crippen molar-refractivity contribution in [3.8, 4) is 0 Å². The van der Waals surface area contributed by atoms with Crippen LogP contribution in [0.5, 0.6) is 0 Å². The highest BCUT2D eigenvalue weighted by Crippen LogP contribution is 2.27. The highest BCUT2D eigenvalue weighted by Gasteiger charge is 2.31. The standard InChI is InChI=1S/C18H25BrN4/c1-18(7-8-22(2)14-18)13-20-9-15-3-5-16(6-4-15)11-23-12-17(19)10-21-23/h3-6,10,12,20H,7-9,11,13-14H2,1-2H3. The molecule has 1 saturated heterocycles. The van der Waals surface area contributed by atoms with E-state index in [4.69, 9.17) is 0 Å². The maximum absolute atomic E-state index is 4.29. The molecule has 0 spiro atoms. The number of hydrogen-bond acceptors (Lipinski definition) is 3. The topological polar surface area (TPSA) is 33.1 Å². The van der Waals surface area contributed by atoms with Gasteiger partial charge in [0, 0.05) is 25.8 Å². The molecule has 0 bridgehead atoms. The van der Waals surface area contributed by atoms with E-state index < -0.39 is 0 Å². The lowest BCUT2D eigenvalue weighted by Crippen LogP contribution is -2.33. The minimum Gasteiger partial charge on any atom is -0.312 e. The van der Waals surface area contributed by atoms with E-state index >= 15 is 0 Å². The van der Waals surface area contributed by atoms with Gasteiger partial charge < -0.3 is 10.2 Å². The number of likely N-dealkylation sites (tertiary alicyclic amines) is 1. The molecular weight excluding hydrogens is 352 g/mol. The summed E-state index contributed by atoms with van der Waals surface area (Å²) in [7, 11) is 2.21. The van der Waals surface area contributed by atoms with Crippen molar-refractivity contribution in [2.45, 2.75) is 26.4 Å². The highest BCUT2D eigenvalue weighted by molar-refractivity contribution is 9.10. The Bertz CT molecular complexity index is 637. The quantitative estimate of drug-likeness (QED) is 0.840. The van der Waals surface area contributed by atoms with E-state index in [0.717, 1.165) is 24.1 Å². The third-order valence-corrected chi connectivity index (χ3v) is 5.01. The third kappa shape index (κ3) is 4.66. The zero-order chi connectivity index (χ0) is 16.3. The molecule has 1 fully saturated rings. The van der Waals surface area contributed by atoms with E-state index in [9.17, 15) is 0 Å². The van der Waals surface area contributed by atoms with Crippen LogP contribution in [0.2, 0.25) is 0 Å². The van der Waals surface area contributed by atoms with E-state index in [2.05, 4.69) is 69.5 Å². The molecule has 1 aromatic carbocycles. The number of hydrogen-bond donors (Lipinski definition) is 1. The van der Waals surface area contributed by atoms with Crippen LogP contribution in [0.25, 0.3) is 0 Å². The first-order valence-corrected chi connectivity index (χ1v) is 8.97. The van der Waals surface area contributed by atoms with E-state index in [1.807, 2.05) is 17.1 Å². The first-order valence-electron chi connectivity index (χ1n) is 8.17. The zero-order valence-electron chi connectivity index (χ0n) is 13.9. The Morgan fingerprint density at radius 1 is 1.26 bits per heavy atom. The molecule has 0 amide bonds. The summed E-state index contributed by atoms with van der Waals surface area (Å²) in [5.41, 5.74) is 3.03. The fourth-order valence-electron chi connectivity index (χ4n) is 3.30. The van der Waals surface area contributed by atoms with E-state index in [1.165, 1.54) is 30.6 Å². The van der Waals surface area contributed by atoms with Crippen molar-refractivity contribution in [3.05, 3.63) is 52.3 Å². The van der Waals surface area contributed by atoms with E-state index in [0.29, 0.717) is 5.41 Å². The second kappa shape index (κ2) is 7.16. The molecular formula is C18H25BrN4. The monoisotopic (exact) mass is 376 g/mol. The second-order valence-corrected chi connectivity index (χ2v) is 7.99.